The van der Waals surface area contributed by atoms with Crippen LogP contribution in [0.4, 0.5) is 17.1 Å². The van der Waals surface area contributed by atoms with Gasteiger partial charge in [0.25, 0.3) is 21.6 Å². The number of nitrogens with one attached hydrogen (secondary N) is 1. The highest BCUT2D eigenvalue weighted by Gasteiger charge is 2.29. The predicted octanol–water partition coefficient (Wildman–Crippen LogP) is 4.95. The van der Waals surface area contributed by atoms with Crippen LogP contribution in [-0.2, 0) is 16.4 Å². The van der Waals surface area contributed by atoms with E-state index >= 15 is 0 Å². The quantitative estimate of drug-likeness (QED) is 0.406. The summed E-state index contributed by atoms with van der Waals surface area (Å²) in [6, 6.07) is 15.3. The molecule has 1 aliphatic rings. The molecule has 3 aromatic rings. The van der Waals surface area contributed by atoms with Crippen molar-refractivity contribution in [3.05, 3.63) is 92.5 Å². The van der Waals surface area contributed by atoms with Crippen molar-refractivity contribution < 1.29 is 18.1 Å². The number of hydrogen-bond acceptors (Lipinski definition) is 5. The Balaban J connectivity index is 1.68. The number of sulfonamides is 1. The molecule has 0 radical (unpaired) electrons. The summed E-state index contributed by atoms with van der Waals surface area (Å²) in [5.74, 6) is -0.715. The average molecular weight is 486 g/mol. The van der Waals surface area contributed by atoms with Gasteiger partial charge in [0.15, 0.2) is 0 Å². The lowest BCUT2D eigenvalue weighted by Gasteiger charge is -2.31. The van der Waals surface area contributed by atoms with Crippen LogP contribution in [0.1, 0.15) is 27.9 Å². The molecule has 0 fully saturated rings. The summed E-state index contributed by atoms with van der Waals surface area (Å²) in [5.41, 5.74) is 2.02. The highest BCUT2D eigenvalue weighted by atomic mass is 35.5. The molecule has 1 amide bonds. The van der Waals surface area contributed by atoms with E-state index in [9.17, 15) is 23.3 Å². The Hall–Kier alpha value is -3.43. The van der Waals surface area contributed by atoms with Crippen LogP contribution in [0.15, 0.2) is 65.6 Å². The Morgan fingerprint density at radius 2 is 1.82 bits per heavy atom. The lowest BCUT2D eigenvalue weighted by molar-refractivity contribution is -0.385. The standard InChI is InChI=1S/C23H20ClN3O5S/c1-15-4-9-19(10-5-15)33(31,32)26-12-2-3-16-6-8-18(14-22(16)26)25-23(28)20-13-17(24)7-11-21(20)27(29)30/h4-11,13-14H,2-3,12H2,1H3,(H,25,28). The number of nitrogens with zero attached hydrogens (tertiary/aromatic N) is 2. The first-order chi connectivity index (χ1) is 15.7. The molecule has 0 aliphatic carbocycles. The zero-order valence-corrected chi connectivity index (χ0v) is 19.2. The van der Waals surface area contributed by atoms with E-state index in [0.717, 1.165) is 11.1 Å². The maximum Gasteiger partial charge on any atom is 0.282 e. The largest absolute Gasteiger partial charge is 0.322 e. The van der Waals surface area contributed by atoms with Crippen LogP contribution in [0.25, 0.3) is 0 Å². The van der Waals surface area contributed by atoms with Gasteiger partial charge in [-0.1, -0.05) is 35.4 Å². The van der Waals surface area contributed by atoms with Gasteiger partial charge in [0.1, 0.15) is 5.56 Å². The van der Waals surface area contributed by atoms with Crippen molar-refractivity contribution in [2.24, 2.45) is 0 Å². The zero-order valence-electron chi connectivity index (χ0n) is 17.6. The number of benzene rings is 3. The third kappa shape index (κ3) is 4.55. The summed E-state index contributed by atoms with van der Waals surface area (Å²) in [6.45, 7) is 2.19. The van der Waals surface area contributed by atoms with E-state index < -0.39 is 20.9 Å². The van der Waals surface area contributed by atoms with Gasteiger partial charge >= 0.3 is 0 Å². The second-order valence-electron chi connectivity index (χ2n) is 7.71. The molecule has 0 aromatic heterocycles. The lowest BCUT2D eigenvalue weighted by atomic mass is 10.0. The van der Waals surface area contributed by atoms with Crippen molar-refractivity contribution in [3.8, 4) is 0 Å². The van der Waals surface area contributed by atoms with Gasteiger partial charge in [-0.2, -0.15) is 0 Å². The summed E-state index contributed by atoms with van der Waals surface area (Å²) in [5, 5.41) is 14.1. The fourth-order valence-electron chi connectivity index (χ4n) is 3.75. The molecule has 3 aromatic carbocycles. The van der Waals surface area contributed by atoms with Gasteiger partial charge in [0, 0.05) is 23.3 Å². The summed E-state index contributed by atoms with van der Waals surface area (Å²) in [4.78, 5) is 23.6. The Bertz CT molecular complexity index is 1360. The number of carbonyl (C=O) groups is 1. The number of rotatable bonds is 5. The summed E-state index contributed by atoms with van der Waals surface area (Å²) in [6.07, 6.45) is 1.36. The fraction of sp³-hybridized carbons (Fsp3) is 0.174. The summed E-state index contributed by atoms with van der Waals surface area (Å²) in [7, 11) is -3.80. The molecule has 0 bridgehead atoms. The van der Waals surface area contributed by atoms with Crippen LogP contribution in [-0.4, -0.2) is 25.8 Å². The van der Waals surface area contributed by atoms with E-state index in [0.29, 0.717) is 30.8 Å². The minimum Gasteiger partial charge on any atom is -0.322 e. The molecule has 0 atom stereocenters. The van der Waals surface area contributed by atoms with Gasteiger partial charge in [-0.05, 0) is 61.7 Å². The molecule has 0 spiro atoms. The van der Waals surface area contributed by atoms with Crippen LogP contribution >= 0.6 is 11.6 Å². The van der Waals surface area contributed by atoms with Crippen molar-refractivity contribution >= 4 is 44.6 Å². The predicted molar refractivity (Wildman–Crippen MR) is 127 cm³/mol. The number of fused-ring (bicyclic) bond motifs is 1. The molecular weight excluding hydrogens is 466 g/mol. The van der Waals surface area contributed by atoms with Crippen molar-refractivity contribution in [1.29, 1.82) is 0 Å². The Kier molecular flexibility index (Phi) is 6.09. The maximum absolute atomic E-state index is 13.3. The summed E-state index contributed by atoms with van der Waals surface area (Å²) >= 11 is 5.92. The van der Waals surface area contributed by atoms with Gasteiger partial charge in [0.2, 0.25) is 0 Å². The molecule has 0 saturated heterocycles. The molecule has 1 aliphatic heterocycles. The average Bonchev–Trinajstić information content (AvgIpc) is 2.78. The molecule has 33 heavy (non-hydrogen) atoms. The van der Waals surface area contributed by atoms with Crippen LogP contribution < -0.4 is 9.62 Å². The zero-order chi connectivity index (χ0) is 23.8. The number of halogens is 1. The van der Waals surface area contributed by atoms with Gasteiger partial charge < -0.3 is 5.32 Å². The van der Waals surface area contributed by atoms with Gasteiger partial charge in [-0.15, -0.1) is 0 Å². The fourth-order valence-corrected chi connectivity index (χ4v) is 5.46. The molecule has 0 saturated carbocycles. The Labute approximate surface area is 196 Å². The first-order valence-electron chi connectivity index (χ1n) is 10.1. The highest BCUT2D eigenvalue weighted by Crippen LogP contribution is 2.34. The monoisotopic (exact) mass is 485 g/mol. The van der Waals surface area contributed by atoms with E-state index in [2.05, 4.69) is 5.32 Å². The topological polar surface area (TPSA) is 110 Å². The van der Waals surface area contributed by atoms with Crippen molar-refractivity contribution in [1.82, 2.24) is 0 Å². The van der Waals surface area contributed by atoms with Crippen LogP contribution in [0.5, 0.6) is 0 Å². The first kappa shape index (κ1) is 22.8. The van der Waals surface area contributed by atoms with Crippen LogP contribution in [0.3, 0.4) is 0 Å². The van der Waals surface area contributed by atoms with E-state index in [1.54, 1.807) is 42.5 Å². The number of nitro benzene ring substituents is 1. The number of amides is 1. The SMILES string of the molecule is Cc1ccc(S(=O)(=O)N2CCCc3ccc(NC(=O)c4cc(Cl)ccc4[N+](=O)[O-])cc32)cc1. The third-order valence-electron chi connectivity index (χ3n) is 5.43. The molecule has 0 unspecified atom stereocenters. The van der Waals surface area contributed by atoms with E-state index in [4.69, 9.17) is 11.6 Å². The Morgan fingerprint density at radius 1 is 1.09 bits per heavy atom. The van der Waals surface area contributed by atoms with Gasteiger partial charge in [-0.25, -0.2) is 8.42 Å². The van der Waals surface area contributed by atoms with Gasteiger partial charge in [0.05, 0.1) is 15.5 Å². The lowest BCUT2D eigenvalue weighted by Crippen LogP contribution is -2.35. The van der Waals surface area contributed by atoms with E-state index in [-0.39, 0.29) is 21.2 Å². The molecule has 10 heteroatoms. The normalized spacial score (nSPS) is 13.3. The third-order valence-corrected chi connectivity index (χ3v) is 7.49. The van der Waals surface area contributed by atoms with Crippen molar-refractivity contribution in [2.45, 2.75) is 24.7 Å². The minimum absolute atomic E-state index is 0.185. The molecule has 1 heterocycles. The molecule has 8 nitrogen and oxygen atoms in total. The Morgan fingerprint density at radius 3 is 2.52 bits per heavy atom. The number of carbonyl (C=O) groups excluding carboxylic acids is 1. The number of aryl methyl sites for hydroxylation is 2. The first-order valence-corrected chi connectivity index (χ1v) is 12.0. The summed E-state index contributed by atoms with van der Waals surface area (Å²) < 4.78 is 28.0. The minimum atomic E-state index is -3.80. The van der Waals surface area contributed by atoms with Crippen molar-refractivity contribution in [2.75, 3.05) is 16.2 Å². The second kappa shape index (κ2) is 8.84. The smallest absolute Gasteiger partial charge is 0.282 e. The maximum atomic E-state index is 13.3. The number of hydrogen-bond donors (Lipinski definition) is 1. The highest BCUT2D eigenvalue weighted by molar-refractivity contribution is 7.92. The van der Waals surface area contributed by atoms with Crippen molar-refractivity contribution in [3.63, 3.8) is 0 Å². The molecule has 4 rings (SSSR count). The van der Waals surface area contributed by atoms with Gasteiger partial charge in [-0.3, -0.25) is 19.2 Å². The second-order valence-corrected chi connectivity index (χ2v) is 10.0. The van der Waals surface area contributed by atoms with E-state index in [1.165, 1.54) is 22.5 Å². The molecule has 170 valence electrons. The van der Waals surface area contributed by atoms with Crippen LogP contribution in [0, 0.1) is 17.0 Å². The van der Waals surface area contributed by atoms with Crippen LogP contribution in [0.2, 0.25) is 5.02 Å². The molecular formula is C23H20ClN3O5S. The molecule has 1 N–H and O–H groups in total. The van der Waals surface area contributed by atoms with E-state index in [1.807, 2.05) is 6.92 Å². The number of nitro groups is 1. The number of anilines is 2.